The van der Waals surface area contributed by atoms with Crippen molar-refractivity contribution < 1.29 is 9.59 Å². The maximum absolute atomic E-state index is 12.1. The number of nitrogens with zero attached hydrogens (tertiary/aromatic N) is 1. The van der Waals surface area contributed by atoms with Crippen LogP contribution in [0.1, 0.15) is 17.3 Å². The lowest BCUT2D eigenvalue weighted by Crippen LogP contribution is -2.55. The van der Waals surface area contributed by atoms with Crippen molar-refractivity contribution in [3.05, 3.63) is 20.8 Å². The van der Waals surface area contributed by atoms with E-state index in [9.17, 15) is 9.59 Å². The first-order valence-electron chi connectivity index (χ1n) is 4.92. The Morgan fingerprint density at radius 1 is 1.69 bits per heavy atom. The summed E-state index contributed by atoms with van der Waals surface area (Å²) in [6.07, 6.45) is 0. The van der Waals surface area contributed by atoms with Crippen LogP contribution in [0, 0.1) is 0 Å². The first kappa shape index (κ1) is 11.6. The molecule has 1 saturated heterocycles. The van der Waals surface area contributed by atoms with Crippen LogP contribution in [0.4, 0.5) is 0 Å². The first-order valence-corrected chi connectivity index (χ1v) is 6.59. The molecule has 2 heterocycles. The molecule has 0 bridgehead atoms. The maximum atomic E-state index is 12.1. The molecule has 1 aliphatic heterocycles. The molecule has 1 aromatic heterocycles. The van der Waals surface area contributed by atoms with Gasteiger partial charge < -0.3 is 10.2 Å². The summed E-state index contributed by atoms with van der Waals surface area (Å²) in [7, 11) is 0. The molecule has 2 amide bonds. The van der Waals surface area contributed by atoms with E-state index in [2.05, 4.69) is 21.2 Å². The third kappa shape index (κ3) is 2.12. The fourth-order valence-corrected chi connectivity index (χ4v) is 2.78. The Morgan fingerprint density at radius 2 is 2.44 bits per heavy atom. The average Bonchev–Trinajstić information content (AvgIpc) is 2.68. The van der Waals surface area contributed by atoms with Crippen molar-refractivity contribution in [2.24, 2.45) is 0 Å². The van der Waals surface area contributed by atoms with E-state index in [1.807, 2.05) is 0 Å². The van der Waals surface area contributed by atoms with Crippen molar-refractivity contribution in [1.29, 1.82) is 0 Å². The molecule has 1 fully saturated rings. The zero-order chi connectivity index (χ0) is 11.7. The lowest BCUT2D eigenvalue weighted by atomic mass is 10.1. The van der Waals surface area contributed by atoms with E-state index in [1.54, 1.807) is 23.3 Å². The van der Waals surface area contributed by atoms with E-state index in [0.717, 1.165) is 3.79 Å². The summed E-state index contributed by atoms with van der Waals surface area (Å²) < 4.78 is 0.921. The van der Waals surface area contributed by atoms with Crippen LogP contribution in [0.3, 0.4) is 0 Å². The normalized spacial score (nSPS) is 20.8. The van der Waals surface area contributed by atoms with Gasteiger partial charge in [0.2, 0.25) is 5.91 Å². The SMILES string of the molecule is CC1C(=O)NCCN1C(=O)c1csc(Br)c1. The van der Waals surface area contributed by atoms with E-state index in [0.29, 0.717) is 18.7 Å². The molecule has 86 valence electrons. The van der Waals surface area contributed by atoms with Gasteiger partial charge in [0.05, 0.1) is 9.35 Å². The molecule has 6 heteroatoms. The summed E-state index contributed by atoms with van der Waals surface area (Å²) in [6, 6.07) is 1.40. The number of piperazine rings is 1. The van der Waals surface area contributed by atoms with Gasteiger partial charge in [0.1, 0.15) is 6.04 Å². The molecule has 0 radical (unpaired) electrons. The Labute approximate surface area is 106 Å². The minimum atomic E-state index is -0.389. The van der Waals surface area contributed by atoms with Crippen molar-refractivity contribution in [3.8, 4) is 0 Å². The van der Waals surface area contributed by atoms with E-state index < -0.39 is 0 Å². The molecular formula is C10H11BrN2O2S. The third-order valence-corrected chi connectivity index (χ3v) is 4.08. The van der Waals surface area contributed by atoms with E-state index in [-0.39, 0.29) is 17.9 Å². The number of thiophene rings is 1. The zero-order valence-corrected chi connectivity index (χ0v) is 11.1. The number of carbonyl (C=O) groups is 2. The van der Waals surface area contributed by atoms with E-state index in [4.69, 9.17) is 0 Å². The highest BCUT2D eigenvalue weighted by Gasteiger charge is 2.30. The predicted octanol–water partition coefficient (Wildman–Crippen LogP) is 1.47. The first-order chi connectivity index (χ1) is 7.59. The molecule has 0 aromatic carbocycles. The lowest BCUT2D eigenvalue weighted by Gasteiger charge is -2.32. The second kappa shape index (κ2) is 4.55. The number of halogens is 1. The standard InChI is InChI=1S/C10H11BrN2O2S/c1-6-9(14)12-2-3-13(6)10(15)7-4-8(11)16-5-7/h4-6H,2-3H2,1H3,(H,12,14). The Kier molecular flexibility index (Phi) is 3.30. The summed E-state index contributed by atoms with van der Waals surface area (Å²) in [4.78, 5) is 25.1. The Balaban J connectivity index is 2.18. The summed E-state index contributed by atoms with van der Waals surface area (Å²) in [5, 5.41) is 4.53. The number of hydrogen-bond donors (Lipinski definition) is 1. The fourth-order valence-electron chi connectivity index (χ4n) is 1.65. The van der Waals surface area contributed by atoms with Crippen molar-refractivity contribution in [2.75, 3.05) is 13.1 Å². The third-order valence-electron chi connectivity index (χ3n) is 2.57. The van der Waals surface area contributed by atoms with Gasteiger partial charge in [0, 0.05) is 18.5 Å². The molecule has 1 N–H and O–H groups in total. The van der Waals surface area contributed by atoms with E-state index >= 15 is 0 Å². The number of rotatable bonds is 1. The second-order valence-corrected chi connectivity index (χ2v) is 5.90. The van der Waals surface area contributed by atoms with Crippen LogP contribution in [-0.2, 0) is 4.79 Å². The quantitative estimate of drug-likeness (QED) is 0.854. The van der Waals surface area contributed by atoms with Gasteiger partial charge >= 0.3 is 0 Å². The smallest absolute Gasteiger partial charge is 0.255 e. The fraction of sp³-hybridized carbons (Fsp3) is 0.400. The highest BCUT2D eigenvalue weighted by atomic mass is 79.9. The predicted molar refractivity (Wildman–Crippen MR) is 65.5 cm³/mol. The number of amides is 2. The van der Waals surface area contributed by atoms with Gasteiger partial charge in [-0.25, -0.2) is 0 Å². The van der Waals surface area contributed by atoms with Gasteiger partial charge in [-0.05, 0) is 28.9 Å². The van der Waals surface area contributed by atoms with Gasteiger partial charge in [-0.3, -0.25) is 9.59 Å². The molecule has 0 spiro atoms. The summed E-state index contributed by atoms with van der Waals surface area (Å²) in [5.41, 5.74) is 0.637. The van der Waals surface area contributed by atoms with Crippen LogP contribution in [0.15, 0.2) is 15.2 Å². The molecular weight excluding hydrogens is 292 g/mol. The van der Waals surface area contributed by atoms with Crippen LogP contribution in [0.5, 0.6) is 0 Å². The minimum Gasteiger partial charge on any atom is -0.353 e. The number of hydrogen-bond acceptors (Lipinski definition) is 3. The van der Waals surface area contributed by atoms with Crippen molar-refractivity contribution in [3.63, 3.8) is 0 Å². The maximum Gasteiger partial charge on any atom is 0.255 e. The van der Waals surface area contributed by atoms with E-state index in [1.165, 1.54) is 11.3 Å². The lowest BCUT2D eigenvalue weighted by molar-refractivity contribution is -0.127. The molecule has 1 unspecified atom stereocenters. The van der Waals surface area contributed by atoms with Gasteiger partial charge in [0.25, 0.3) is 5.91 Å². The van der Waals surface area contributed by atoms with Gasteiger partial charge in [-0.1, -0.05) is 0 Å². The van der Waals surface area contributed by atoms with Crippen molar-refractivity contribution in [1.82, 2.24) is 10.2 Å². The van der Waals surface area contributed by atoms with Crippen molar-refractivity contribution >= 4 is 39.1 Å². The number of carbonyl (C=O) groups excluding carboxylic acids is 2. The van der Waals surface area contributed by atoms with Crippen molar-refractivity contribution in [2.45, 2.75) is 13.0 Å². The van der Waals surface area contributed by atoms with Crippen LogP contribution >= 0.6 is 27.3 Å². The molecule has 1 atom stereocenters. The van der Waals surface area contributed by atoms with Crippen LogP contribution < -0.4 is 5.32 Å². The van der Waals surface area contributed by atoms with Crippen LogP contribution in [0.25, 0.3) is 0 Å². The van der Waals surface area contributed by atoms with Gasteiger partial charge in [-0.2, -0.15) is 0 Å². The molecule has 0 aliphatic carbocycles. The number of nitrogens with one attached hydrogen (secondary N) is 1. The van der Waals surface area contributed by atoms with Crippen LogP contribution in [0.2, 0.25) is 0 Å². The summed E-state index contributed by atoms with van der Waals surface area (Å²) in [5.74, 6) is -0.168. The minimum absolute atomic E-state index is 0.0794. The average molecular weight is 303 g/mol. The zero-order valence-electron chi connectivity index (χ0n) is 8.70. The highest BCUT2D eigenvalue weighted by Crippen LogP contribution is 2.22. The molecule has 1 aliphatic rings. The van der Waals surface area contributed by atoms with Gasteiger partial charge in [-0.15, -0.1) is 11.3 Å². The largest absolute Gasteiger partial charge is 0.353 e. The van der Waals surface area contributed by atoms with Gasteiger partial charge in [0.15, 0.2) is 0 Å². The Bertz CT molecular complexity index is 432. The molecule has 1 aromatic rings. The highest BCUT2D eigenvalue weighted by molar-refractivity contribution is 9.11. The second-order valence-electron chi connectivity index (χ2n) is 3.61. The molecule has 0 saturated carbocycles. The summed E-state index contributed by atoms with van der Waals surface area (Å²) in [6.45, 7) is 2.84. The molecule has 2 rings (SSSR count). The topological polar surface area (TPSA) is 49.4 Å². The monoisotopic (exact) mass is 302 g/mol. The molecule has 16 heavy (non-hydrogen) atoms. The Hall–Kier alpha value is -0.880. The summed E-state index contributed by atoms with van der Waals surface area (Å²) >= 11 is 4.79. The molecule has 4 nitrogen and oxygen atoms in total. The van der Waals surface area contributed by atoms with Crippen LogP contribution in [-0.4, -0.2) is 35.8 Å². The Morgan fingerprint density at radius 3 is 3.06 bits per heavy atom.